The van der Waals surface area contributed by atoms with E-state index in [4.69, 9.17) is 5.73 Å². The first-order valence-corrected chi connectivity index (χ1v) is 6.18. The fourth-order valence-corrected chi connectivity index (χ4v) is 1.69. The molecule has 0 aliphatic carbocycles. The van der Waals surface area contributed by atoms with E-state index in [1.807, 2.05) is 31.0 Å². The van der Waals surface area contributed by atoms with E-state index in [1.54, 1.807) is 0 Å². The van der Waals surface area contributed by atoms with Crippen LogP contribution in [0.3, 0.4) is 0 Å². The van der Waals surface area contributed by atoms with E-state index in [0.717, 1.165) is 18.5 Å². The second-order valence-electron chi connectivity index (χ2n) is 5.10. The molecule has 0 aromatic heterocycles. The Bertz CT molecular complexity index is 361. The Morgan fingerprint density at radius 1 is 1.29 bits per heavy atom. The number of hydrogen-bond acceptors (Lipinski definition) is 2. The van der Waals surface area contributed by atoms with Gasteiger partial charge in [0.2, 0.25) is 0 Å². The summed E-state index contributed by atoms with van der Waals surface area (Å²) in [6.07, 6.45) is 1.06. The van der Waals surface area contributed by atoms with Gasteiger partial charge in [0.1, 0.15) is 5.82 Å². The standard InChI is InChI=1S/C14H23FN2/c1-10(2)7-8-17(4)14-6-5-12(11(3)16)9-13(14)15/h5-6,9-11H,7-8,16H2,1-4H3/t11-/m1/s1. The van der Waals surface area contributed by atoms with Crippen molar-refractivity contribution < 1.29 is 4.39 Å². The van der Waals surface area contributed by atoms with Crippen LogP contribution in [0.2, 0.25) is 0 Å². The average Bonchev–Trinajstić information content (AvgIpc) is 2.25. The van der Waals surface area contributed by atoms with E-state index in [0.29, 0.717) is 11.6 Å². The maximum Gasteiger partial charge on any atom is 0.146 e. The van der Waals surface area contributed by atoms with Crippen molar-refractivity contribution in [2.75, 3.05) is 18.5 Å². The van der Waals surface area contributed by atoms with Crippen molar-refractivity contribution in [3.63, 3.8) is 0 Å². The summed E-state index contributed by atoms with van der Waals surface area (Å²) in [7, 11) is 1.92. The summed E-state index contributed by atoms with van der Waals surface area (Å²) in [5.74, 6) is 0.440. The van der Waals surface area contributed by atoms with E-state index in [2.05, 4.69) is 13.8 Å². The summed E-state index contributed by atoms with van der Waals surface area (Å²) in [4.78, 5) is 1.96. The highest BCUT2D eigenvalue weighted by atomic mass is 19.1. The van der Waals surface area contributed by atoms with Gasteiger partial charge in [0.25, 0.3) is 0 Å². The minimum absolute atomic E-state index is 0.125. The molecule has 2 nitrogen and oxygen atoms in total. The third kappa shape index (κ3) is 4.00. The zero-order valence-corrected chi connectivity index (χ0v) is 11.2. The second kappa shape index (κ2) is 6.01. The Morgan fingerprint density at radius 3 is 2.41 bits per heavy atom. The van der Waals surface area contributed by atoms with Crippen LogP contribution in [0.5, 0.6) is 0 Å². The molecule has 0 fully saturated rings. The first-order chi connectivity index (χ1) is 7.91. The third-order valence-corrected chi connectivity index (χ3v) is 2.95. The summed E-state index contributed by atoms with van der Waals surface area (Å²) in [6, 6.07) is 5.12. The quantitative estimate of drug-likeness (QED) is 0.852. The summed E-state index contributed by atoms with van der Waals surface area (Å²) in [5, 5.41) is 0. The van der Waals surface area contributed by atoms with Gasteiger partial charge in [-0.05, 0) is 37.0 Å². The molecule has 3 heteroatoms. The molecule has 0 radical (unpaired) electrons. The number of benzene rings is 1. The van der Waals surface area contributed by atoms with Crippen LogP contribution < -0.4 is 10.6 Å². The summed E-state index contributed by atoms with van der Waals surface area (Å²) in [6.45, 7) is 7.07. The van der Waals surface area contributed by atoms with Crippen LogP contribution in [0.4, 0.5) is 10.1 Å². The number of hydrogen-bond donors (Lipinski definition) is 1. The van der Waals surface area contributed by atoms with Gasteiger partial charge in [-0.15, -0.1) is 0 Å². The molecule has 1 rings (SSSR count). The van der Waals surface area contributed by atoms with Gasteiger partial charge in [-0.1, -0.05) is 19.9 Å². The molecule has 96 valence electrons. The summed E-state index contributed by atoms with van der Waals surface area (Å²) in [5.41, 5.74) is 7.21. The zero-order chi connectivity index (χ0) is 13.0. The van der Waals surface area contributed by atoms with Gasteiger partial charge in [-0.25, -0.2) is 4.39 Å². The van der Waals surface area contributed by atoms with Crippen molar-refractivity contribution in [3.8, 4) is 0 Å². The van der Waals surface area contributed by atoms with Gasteiger partial charge in [0, 0.05) is 19.6 Å². The Hall–Kier alpha value is -1.09. The van der Waals surface area contributed by atoms with Gasteiger partial charge in [-0.3, -0.25) is 0 Å². The molecule has 0 spiro atoms. The first-order valence-electron chi connectivity index (χ1n) is 6.18. The van der Waals surface area contributed by atoms with Crippen LogP contribution >= 0.6 is 0 Å². The van der Waals surface area contributed by atoms with Crippen molar-refractivity contribution in [2.24, 2.45) is 11.7 Å². The van der Waals surface area contributed by atoms with Crippen molar-refractivity contribution in [1.82, 2.24) is 0 Å². The number of nitrogens with zero attached hydrogens (tertiary/aromatic N) is 1. The maximum atomic E-state index is 13.9. The normalized spacial score (nSPS) is 12.9. The lowest BCUT2D eigenvalue weighted by atomic mass is 10.1. The molecule has 0 saturated heterocycles. The highest BCUT2D eigenvalue weighted by molar-refractivity contribution is 5.48. The molecule has 0 bridgehead atoms. The van der Waals surface area contributed by atoms with Gasteiger partial charge in [-0.2, -0.15) is 0 Å². The van der Waals surface area contributed by atoms with Crippen molar-refractivity contribution in [1.29, 1.82) is 0 Å². The molecule has 2 N–H and O–H groups in total. The molecule has 0 aliphatic rings. The van der Waals surface area contributed by atoms with Gasteiger partial charge in [0.15, 0.2) is 0 Å². The minimum atomic E-state index is -0.189. The van der Waals surface area contributed by atoms with Crippen molar-refractivity contribution in [3.05, 3.63) is 29.6 Å². The molecule has 0 heterocycles. The van der Waals surface area contributed by atoms with Crippen molar-refractivity contribution >= 4 is 5.69 Å². The molecule has 1 aromatic carbocycles. The smallest absolute Gasteiger partial charge is 0.146 e. The SMILES string of the molecule is CC(C)CCN(C)c1ccc([C@@H](C)N)cc1F. The van der Waals surface area contributed by atoms with E-state index in [-0.39, 0.29) is 11.9 Å². The number of rotatable bonds is 5. The predicted molar refractivity (Wildman–Crippen MR) is 71.7 cm³/mol. The number of halogens is 1. The largest absolute Gasteiger partial charge is 0.372 e. The molecular weight excluding hydrogens is 215 g/mol. The van der Waals surface area contributed by atoms with E-state index in [1.165, 1.54) is 6.07 Å². The average molecular weight is 238 g/mol. The lowest BCUT2D eigenvalue weighted by Crippen LogP contribution is -2.21. The fraction of sp³-hybridized carbons (Fsp3) is 0.571. The minimum Gasteiger partial charge on any atom is -0.372 e. The van der Waals surface area contributed by atoms with Crippen LogP contribution in [0, 0.1) is 11.7 Å². The lowest BCUT2D eigenvalue weighted by molar-refractivity contribution is 0.573. The van der Waals surface area contributed by atoms with E-state index >= 15 is 0 Å². The van der Waals surface area contributed by atoms with E-state index in [9.17, 15) is 4.39 Å². The molecule has 17 heavy (non-hydrogen) atoms. The van der Waals surface area contributed by atoms with Crippen LogP contribution in [0.25, 0.3) is 0 Å². The number of anilines is 1. The van der Waals surface area contributed by atoms with Crippen LogP contribution in [0.1, 0.15) is 38.8 Å². The van der Waals surface area contributed by atoms with Crippen LogP contribution in [0.15, 0.2) is 18.2 Å². The fourth-order valence-electron chi connectivity index (χ4n) is 1.69. The Kier molecular flexibility index (Phi) is 4.94. The molecule has 0 saturated carbocycles. The Morgan fingerprint density at radius 2 is 1.94 bits per heavy atom. The van der Waals surface area contributed by atoms with Gasteiger partial charge in [0.05, 0.1) is 5.69 Å². The topological polar surface area (TPSA) is 29.3 Å². The van der Waals surface area contributed by atoms with Crippen LogP contribution in [-0.4, -0.2) is 13.6 Å². The first kappa shape index (κ1) is 14.0. The second-order valence-corrected chi connectivity index (χ2v) is 5.10. The predicted octanol–water partition coefficient (Wildman–Crippen LogP) is 3.33. The van der Waals surface area contributed by atoms with Gasteiger partial charge < -0.3 is 10.6 Å². The molecule has 1 atom stereocenters. The molecule has 0 amide bonds. The van der Waals surface area contributed by atoms with E-state index < -0.39 is 0 Å². The monoisotopic (exact) mass is 238 g/mol. The Balaban J connectivity index is 2.77. The van der Waals surface area contributed by atoms with Gasteiger partial charge >= 0.3 is 0 Å². The third-order valence-electron chi connectivity index (χ3n) is 2.95. The number of nitrogens with two attached hydrogens (primary N) is 1. The molecular formula is C14H23FN2. The molecule has 1 aromatic rings. The van der Waals surface area contributed by atoms with Crippen molar-refractivity contribution in [2.45, 2.75) is 33.2 Å². The van der Waals surface area contributed by atoms with Crippen LogP contribution in [-0.2, 0) is 0 Å². The highest BCUT2D eigenvalue weighted by Crippen LogP contribution is 2.22. The lowest BCUT2D eigenvalue weighted by Gasteiger charge is -2.21. The maximum absolute atomic E-state index is 13.9. The summed E-state index contributed by atoms with van der Waals surface area (Å²) >= 11 is 0. The summed E-state index contributed by atoms with van der Waals surface area (Å²) < 4.78 is 13.9. The zero-order valence-electron chi connectivity index (χ0n) is 11.2. The molecule has 0 aliphatic heterocycles. The molecule has 0 unspecified atom stereocenters. The Labute approximate surface area is 104 Å². The highest BCUT2D eigenvalue weighted by Gasteiger charge is 2.10.